The molecule has 0 aromatic carbocycles. The fraction of sp³-hybridized carbons (Fsp3) is 0.667. The molecular formula is C12H18N4O2. The van der Waals surface area contributed by atoms with Crippen LogP contribution in [-0.2, 0) is 4.74 Å². The van der Waals surface area contributed by atoms with Crippen molar-refractivity contribution < 1.29 is 9.47 Å². The van der Waals surface area contributed by atoms with E-state index in [2.05, 4.69) is 20.2 Å². The van der Waals surface area contributed by atoms with Gasteiger partial charge in [0.05, 0.1) is 13.2 Å². The maximum Gasteiger partial charge on any atom is 0.218 e. The van der Waals surface area contributed by atoms with Crippen molar-refractivity contribution in [2.45, 2.75) is 12.5 Å². The predicted molar refractivity (Wildman–Crippen MR) is 67.0 cm³/mol. The van der Waals surface area contributed by atoms with Crippen molar-refractivity contribution in [2.75, 3.05) is 44.3 Å². The van der Waals surface area contributed by atoms with Crippen LogP contribution in [0.15, 0.2) is 12.4 Å². The van der Waals surface area contributed by atoms with Crippen LogP contribution in [-0.4, -0.2) is 55.5 Å². The summed E-state index contributed by atoms with van der Waals surface area (Å²) in [7, 11) is 0. The van der Waals surface area contributed by atoms with E-state index in [1.54, 1.807) is 6.33 Å². The lowest BCUT2D eigenvalue weighted by Crippen LogP contribution is -2.36. The molecule has 2 saturated heterocycles. The van der Waals surface area contributed by atoms with Gasteiger partial charge in [-0.25, -0.2) is 9.97 Å². The van der Waals surface area contributed by atoms with Gasteiger partial charge in [0.25, 0.3) is 0 Å². The SMILES string of the molecule is c1nc(OC2CCNC2)cc(N2CCOCC2)n1. The van der Waals surface area contributed by atoms with Gasteiger partial charge in [0, 0.05) is 25.7 Å². The zero-order valence-electron chi connectivity index (χ0n) is 10.3. The average Bonchev–Trinajstić information content (AvgIpc) is 2.93. The van der Waals surface area contributed by atoms with E-state index < -0.39 is 0 Å². The Hall–Kier alpha value is -1.40. The number of anilines is 1. The molecule has 1 atom stereocenters. The van der Waals surface area contributed by atoms with Crippen molar-refractivity contribution in [3.63, 3.8) is 0 Å². The van der Waals surface area contributed by atoms with Crippen molar-refractivity contribution in [3.05, 3.63) is 12.4 Å². The maximum atomic E-state index is 5.84. The summed E-state index contributed by atoms with van der Waals surface area (Å²) in [5.41, 5.74) is 0. The summed E-state index contributed by atoms with van der Waals surface area (Å²) in [4.78, 5) is 10.7. The second kappa shape index (κ2) is 5.49. The molecular weight excluding hydrogens is 232 g/mol. The molecule has 6 heteroatoms. The number of nitrogens with zero attached hydrogens (tertiary/aromatic N) is 3. The molecule has 6 nitrogen and oxygen atoms in total. The Morgan fingerprint density at radius 2 is 2.22 bits per heavy atom. The van der Waals surface area contributed by atoms with E-state index >= 15 is 0 Å². The van der Waals surface area contributed by atoms with Crippen LogP contribution in [0.5, 0.6) is 5.88 Å². The Morgan fingerprint density at radius 1 is 1.33 bits per heavy atom. The molecule has 2 aliphatic heterocycles. The summed E-state index contributed by atoms with van der Waals surface area (Å²) in [6, 6.07) is 1.92. The van der Waals surface area contributed by atoms with Crippen LogP contribution in [0, 0.1) is 0 Å². The monoisotopic (exact) mass is 250 g/mol. The van der Waals surface area contributed by atoms with E-state index in [1.165, 1.54) is 0 Å². The first-order chi connectivity index (χ1) is 8.92. The second-order valence-electron chi connectivity index (χ2n) is 4.55. The first-order valence-electron chi connectivity index (χ1n) is 6.44. The van der Waals surface area contributed by atoms with Crippen LogP contribution in [0.3, 0.4) is 0 Å². The van der Waals surface area contributed by atoms with Crippen molar-refractivity contribution in [2.24, 2.45) is 0 Å². The quantitative estimate of drug-likeness (QED) is 0.818. The number of nitrogens with one attached hydrogen (secondary N) is 1. The van der Waals surface area contributed by atoms with Gasteiger partial charge in [0.15, 0.2) is 0 Å². The number of hydrogen-bond donors (Lipinski definition) is 1. The van der Waals surface area contributed by atoms with Gasteiger partial charge in [-0.1, -0.05) is 0 Å². The highest BCUT2D eigenvalue weighted by Gasteiger charge is 2.18. The summed E-state index contributed by atoms with van der Waals surface area (Å²) < 4.78 is 11.2. The Morgan fingerprint density at radius 3 is 3.00 bits per heavy atom. The van der Waals surface area contributed by atoms with Crippen molar-refractivity contribution in [1.82, 2.24) is 15.3 Å². The van der Waals surface area contributed by atoms with Gasteiger partial charge in [-0.3, -0.25) is 0 Å². The minimum atomic E-state index is 0.234. The first kappa shape index (κ1) is 11.7. The van der Waals surface area contributed by atoms with E-state index in [0.717, 1.165) is 51.6 Å². The highest BCUT2D eigenvalue weighted by molar-refractivity contribution is 5.41. The molecule has 0 amide bonds. The summed E-state index contributed by atoms with van der Waals surface area (Å²) in [6.07, 6.45) is 2.84. The standard InChI is InChI=1S/C12H18N4O2/c1-2-13-8-10(1)18-12-7-11(14-9-15-12)16-3-5-17-6-4-16/h7,9-10,13H,1-6,8H2. The highest BCUT2D eigenvalue weighted by Crippen LogP contribution is 2.18. The average molecular weight is 250 g/mol. The highest BCUT2D eigenvalue weighted by atomic mass is 16.5. The minimum absolute atomic E-state index is 0.234. The largest absolute Gasteiger partial charge is 0.473 e. The molecule has 0 radical (unpaired) electrons. The molecule has 3 heterocycles. The molecule has 1 aromatic heterocycles. The van der Waals surface area contributed by atoms with Crippen molar-refractivity contribution in [1.29, 1.82) is 0 Å². The molecule has 2 fully saturated rings. The molecule has 0 aliphatic carbocycles. The lowest BCUT2D eigenvalue weighted by atomic mass is 10.3. The number of aromatic nitrogens is 2. The van der Waals surface area contributed by atoms with Crippen LogP contribution >= 0.6 is 0 Å². The van der Waals surface area contributed by atoms with Gasteiger partial charge >= 0.3 is 0 Å². The third-order valence-corrected chi connectivity index (χ3v) is 3.27. The van der Waals surface area contributed by atoms with Gasteiger partial charge in [0.1, 0.15) is 18.2 Å². The van der Waals surface area contributed by atoms with E-state index in [9.17, 15) is 0 Å². The van der Waals surface area contributed by atoms with Gasteiger partial charge in [-0.15, -0.1) is 0 Å². The van der Waals surface area contributed by atoms with Gasteiger partial charge in [-0.2, -0.15) is 0 Å². The topological polar surface area (TPSA) is 59.5 Å². The molecule has 0 bridgehead atoms. The van der Waals surface area contributed by atoms with E-state index in [4.69, 9.17) is 9.47 Å². The summed E-state index contributed by atoms with van der Waals surface area (Å²) in [5.74, 6) is 1.59. The normalized spacial score (nSPS) is 24.2. The minimum Gasteiger partial charge on any atom is -0.473 e. The Balaban J connectivity index is 1.67. The van der Waals surface area contributed by atoms with E-state index in [1.807, 2.05) is 6.07 Å². The second-order valence-corrected chi connectivity index (χ2v) is 4.55. The number of hydrogen-bond acceptors (Lipinski definition) is 6. The number of rotatable bonds is 3. The first-order valence-corrected chi connectivity index (χ1v) is 6.44. The third kappa shape index (κ3) is 2.70. The van der Waals surface area contributed by atoms with Crippen molar-refractivity contribution >= 4 is 5.82 Å². The molecule has 1 unspecified atom stereocenters. The summed E-state index contributed by atoms with van der Waals surface area (Å²) in [5, 5.41) is 3.28. The Bertz CT molecular complexity index is 389. The molecule has 98 valence electrons. The van der Waals surface area contributed by atoms with Crippen molar-refractivity contribution in [3.8, 4) is 5.88 Å². The molecule has 1 N–H and O–H groups in total. The van der Waals surface area contributed by atoms with Crippen LogP contribution < -0.4 is 15.0 Å². The van der Waals surface area contributed by atoms with Gasteiger partial charge in [-0.05, 0) is 13.0 Å². The number of morpholine rings is 1. The molecule has 1 aromatic rings. The Labute approximate surface area is 106 Å². The predicted octanol–water partition coefficient (Wildman–Crippen LogP) is 0.0539. The summed E-state index contributed by atoms with van der Waals surface area (Å²) >= 11 is 0. The molecule has 3 rings (SSSR count). The lowest BCUT2D eigenvalue weighted by Gasteiger charge is -2.27. The molecule has 18 heavy (non-hydrogen) atoms. The van der Waals surface area contributed by atoms with E-state index in [-0.39, 0.29) is 6.10 Å². The molecule has 2 aliphatic rings. The van der Waals surface area contributed by atoms with Crippen LogP contribution in [0.25, 0.3) is 0 Å². The maximum absolute atomic E-state index is 5.84. The van der Waals surface area contributed by atoms with Crippen LogP contribution in [0.4, 0.5) is 5.82 Å². The summed E-state index contributed by atoms with van der Waals surface area (Å²) in [6.45, 7) is 5.19. The smallest absolute Gasteiger partial charge is 0.218 e. The fourth-order valence-corrected chi connectivity index (χ4v) is 2.26. The lowest BCUT2D eigenvalue weighted by molar-refractivity contribution is 0.122. The zero-order chi connectivity index (χ0) is 12.2. The Kier molecular flexibility index (Phi) is 3.56. The third-order valence-electron chi connectivity index (χ3n) is 3.27. The molecule has 0 saturated carbocycles. The van der Waals surface area contributed by atoms with Crippen LogP contribution in [0.1, 0.15) is 6.42 Å². The van der Waals surface area contributed by atoms with Crippen LogP contribution in [0.2, 0.25) is 0 Å². The van der Waals surface area contributed by atoms with Gasteiger partial charge in [0.2, 0.25) is 5.88 Å². The number of ether oxygens (including phenoxy) is 2. The fourth-order valence-electron chi connectivity index (χ4n) is 2.26. The van der Waals surface area contributed by atoms with E-state index in [0.29, 0.717) is 5.88 Å². The van der Waals surface area contributed by atoms with Gasteiger partial charge < -0.3 is 19.7 Å². The zero-order valence-corrected chi connectivity index (χ0v) is 10.3. The molecule has 0 spiro atoms.